The van der Waals surface area contributed by atoms with E-state index < -0.39 is 0 Å². The Labute approximate surface area is 121 Å². The topological polar surface area (TPSA) is 43.4 Å². The zero-order chi connectivity index (χ0) is 15.1. The average Bonchev–Trinajstić information content (AvgIpc) is 2.44. The lowest BCUT2D eigenvalue weighted by atomic mass is 10.0. The van der Waals surface area contributed by atoms with Gasteiger partial charge in [-0.3, -0.25) is 4.79 Å². The molecule has 3 nitrogen and oxygen atoms in total. The van der Waals surface area contributed by atoms with Crippen LogP contribution in [-0.2, 0) is 16.0 Å². The molecular formula is C17H24O3. The number of carbonyl (C=O) groups excluding carboxylic acids is 2. The Morgan fingerprint density at radius 2 is 1.70 bits per heavy atom. The van der Waals surface area contributed by atoms with Crippen LogP contribution in [0, 0.1) is 5.92 Å². The van der Waals surface area contributed by atoms with Crippen LogP contribution in [0.2, 0.25) is 0 Å². The van der Waals surface area contributed by atoms with E-state index in [0.29, 0.717) is 24.3 Å². The summed E-state index contributed by atoms with van der Waals surface area (Å²) in [6, 6.07) is 7.10. The predicted octanol–water partition coefficient (Wildman–Crippen LogP) is 3.80. The second kappa shape index (κ2) is 7.83. The highest BCUT2D eigenvalue weighted by atomic mass is 16.5. The van der Waals surface area contributed by atoms with Crippen LogP contribution in [0.3, 0.4) is 0 Å². The van der Waals surface area contributed by atoms with Crippen LogP contribution >= 0.6 is 0 Å². The van der Waals surface area contributed by atoms with Crippen LogP contribution in [0.25, 0.3) is 0 Å². The minimum atomic E-state index is -0.293. The molecule has 0 aromatic heterocycles. The first kappa shape index (κ1) is 16.4. The third-order valence-electron chi connectivity index (χ3n) is 3.39. The van der Waals surface area contributed by atoms with Gasteiger partial charge in [0.1, 0.15) is 11.9 Å². The average molecular weight is 276 g/mol. The molecule has 110 valence electrons. The molecule has 0 N–H and O–H groups in total. The van der Waals surface area contributed by atoms with Gasteiger partial charge in [0.25, 0.3) is 0 Å². The minimum Gasteiger partial charge on any atom is -0.459 e. The van der Waals surface area contributed by atoms with Crippen molar-refractivity contribution in [2.75, 3.05) is 0 Å². The van der Waals surface area contributed by atoms with Crippen molar-refractivity contribution in [1.29, 1.82) is 0 Å². The smallest absolute Gasteiger partial charge is 0.338 e. The first-order valence-electron chi connectivity index (χ1n) is 7.29. The molecule has 1 aromatic rings. The number of carbonyl (C=O) groups is 2. The molecule has 1 unspecified atom stereocenters. The second-order valence-corrected chi connectivity index (χ2v) is 5.36. The Morgan fingerprint density at radius 1 is 1.10 bits per heavy atom. The fourth-order valence-corrected chi connectivity index (χ4v) is 2.01. The summed E-state index contributed by atoms with van der Waals surface area (Å²) in [5.41, 5.74) is 1.47. The molecule has 0 spiro atoms. The Kier molecular flexibility index (Phi) is 6.43. The maximum absolute atomic E-state index is 12.0. The van der Waals surface area contributed by atoms with Crippen molar-refractivity contribution in [2.45, 2.75) is 53.1 Å². The van der Waals surface area contributed by atoms with E-state index in [9.17, 15) is 9.59 Å². The molecule has 0 aliphatic carbocycles. The molecule has 3 heteroatoms. The van der Waals surface area contributed by atoms with Crippen LogP contribution in [0.5, 0.6) is 0 Å². The van der Waals surface area contributed by atoms with Gasteiger partial charge in [-0.1, -0.05) is 39.8 Å². The van der Waals surface area contributed by atoms with Gasteiger partial charge in [0, 0.05) is 12.8 Å². The fourth-order valence-electron chi connectivity index (χ4n) is 2.01. The quantitative estimate of drug-likeness (QED) is 0.711. The van der Waals surface area contributed by atoms with E-state index in [1.54, 1.807) is 12.1 Å². The summed E-state index contributed by atoms with van der Waals surface area (Å²) in [7, 11) is 0. The van der Waals surface area contributed by atoms with Gasteiger partial charge >= 0.3 is 5.97 Å². The summed E-state index contributed by atoms with van der Waals surface area (Å²) in [6.45, 7) is 7.95. The molecule has 20 heavy (non-hydrogen) atoms. The summed E-state index contributed by atoms with van der Waals surface area (Å²) in [5.74, 6) is 0.218. The summed E-state index contributed by atoms with van der Waals surface area (Å²) in [6.07, 6.45) is 1.72. The lowest BCUT2D eigenvalue weighted by Gasteiger charge is -2.19. The lowest BCUT2D eigenvalue weighted by Crippen LogP contribution is -2.22. The Hall–Kier alpha value is -1.64. The van der Waals surface area contributed by atoms with Gasteiger partial charge in [0.05, 0.1) is 5.56 Å². The predicted molar refractivity (Wildman–Crippen MR) is 79.8 cm³/mol. The number of esters is 1. The molecule has 1 aromatic carbocycles. The SMILES string of the molecule is CCC(=O)Cc1ccc(C(=O)OC(CC)C(C)C)cc1. The third-order valence-corrected chi connectivity index (χ3v) is 3.39. The van der Waals surface area contributed by atoms with Crippen LogP contribution in [0.4, 0.5) is 0 Å². The van der Waals surface area contributed by atoms with E-state index in [4.69, 9.17) is 4.74 Å². The zero-order valence-corrected chi connectivity index (χ0v) is 12.8. The summed E-state index contributed by atoms with van der Waals surface area (Å²) in [5, 5.41) is 0. The Morgan fingerprint density at radius 3 is 2.15 bits per heavy atom. The lowest BCUT2D eigenvalue weighted by molar-refractivity contribution is -0.118. The highest BCUT2D eigenvalue weighted by Crippen LogP contribution is 2.14. The molecule has 0 amide bonds. The molecule has 1 atom stereocenters. The largest absolute Gasteiger partial charge is 0.459 e. The number of hydrogen-bond acceptors (Lipinski definition) is 3. The van der Waals surface area contributed by atoms with Gasteiger partial charge in [-0.15, -0.1) is 0 Å². The molecule has 0 aliphatic heterocycles. The standard InChI is InChI=1S/C17H24O3/c1-5-15(18)11-13-7-9-14(10-8-13)17(19)20-16(6-2)12(3)4/h7-10,12,16H,5-6,11H2,1-4H3. The van der Waals surface area contributed by atoms with E-state index >= 15 is 0 Å². The number of rotatable bonds is 7. The second-order valence-electron chi connectivity index (χ2n) is 5.36. The van der Waals surface area contributed by atoms with Gasteiger partial charge in [0.15, 0.2) is 0 Å². The summed E-state index contributed by atoms with van der Waals surface area (Å²) >= 11 is 0. The minimum absolute atomic E-state index is 0.0520. The molecule has 1 rings (SSSR count). The van der Waals surface area contributed by atoms with Crippen molar-refractivity contribution in [3.8, 4) is 0 Å². The van der Waals surface area contributed by atoms with Gasteiger partial charge in [-0.25, -0.2) is 4.79 Å². The Balaban J connectivity index is 2.68. The monoisotopic (exact) mass is 276 g/mol. The number of benzene rings is 1. The highest BCUT2D eigenvalue weighted by molar-refractivity contribution is 5.89. The molecule has 0 heterocycles. The zero-order valence-electron chi connectivity index (χ0n) is 12.8. The number of ether oxygens (including phenoxy) is 1. The van der Waals surface area contributed by atoms with Gasteiger partial charge < -0.3 is 4.74 Å². The van der Waals surface area contributed by atoms with E-state index in [2.05, 4.69) is 0 Å². The molecule has 0 saturated heterocycles. The van der Waals surface area contributed by atoms with Crippen molar-refractivity contribution in [1.82, 2.24) is 0 Å². The third kappa shape index (κ3) is 4.80. The summed E-state index contributed by atoms with van der Waals surface area (Å²) in [4.78, 5) is 23.4. The number of hydrogen-bond donors (Lipinski definition) is 0. The number of ketones is 1. The van der Waals surface area contributed by atoms with Crippen LogP contribution < -0.4 is 0 Å². The maximum atomic E-state index is 12.0. The number of Topliss-reactive ketones (excluding diaryl/α,β-unsaturated/α-hetero) is 1. The normalized spacial score (nSPS) is 12.2. The van der Waals surface area contributed by atoms with Crippen molar-refractivity contribution in [3.63, 3.8) is 0 Å². The van der Waals surface area contributed by atoms with Gasteiger partial charge in [-0.05, 0) is 30.0 Å². The van der Waals surface area contributed by atoms with E-state index in [1.807, 2.05) is 39.8 Å². The van der Waals surface area contributed by atoms with Crippen molar-refractivity contribution in [2.24, 2.45) is 5.92 Å². The van der Waals surface area contributed by atoms with Crippen molar-refractivity contribution >= 4 is 11.8 Å². The van der Waals surface area contributed by atoms with E-state index in [-0.39, 0.29) is 17.9 Å². The molecular weight excluding hydrogens is 252 g/mol. The fraction of sp³-hybridized carbons (Fsp3) is 0.529. The van der Waals surface area contributed by atoms with E-state index in [1.165, 1.54) is 0 Å². The highest BCUT2D eigenvalue weighted by Gasteiger charge is 2.17. The Bertz CT molecular complexity index is 446. The summed E-state index contributed by atoms with van der Waals surface area (Å²) < 4.78 is 5.48. The van der Waals surface area contributed by atoms with Crippen LogP contribution in [-0.4, -0.2) is 17.9 Å². The van der Waals surface area contributed by atoms with Crippen molar-refractivity contribution in [3.05, 3.63) is 35.4 Å². The van der Waals surface area contributed by atoms with Crippen molar-refractivity contribution < 1.29 is 14.3 Å². The first-order valence-corrected chi connectivity index (χ1v) is 7.29. The maximum Gasteiger partial charge on any atom is 0.338 e. The molecule has 0 bridgehead atoms. The van der Waals surface area contributed by atoms with Gasteiger partial charge in [-0.2, -0.15) is 0 Å². The van der Waals surface area contributed by atoms with Gasteiger partial charge in [0.2, 0.25) is 0 Å². The molecule has 0 aliphatic rings. The molecule has 0 fully saturated rings. The molecule has 0 saturated carbocycles. The van der Waals surface area contributed by atoms with E-state index in [0.717, 1.165) is 12.0 Å². The van der Waals surface area contributed by atoms with Crippen LogP contribution in [0.15, 0.2) is 24.3 Å². The first-order chi connectivity index (χ1) is 9.47. The molecule has 0 radical (unpaired) electrons. The van der Waals surface area contributed by atoms with Crippen LogP contribution in [0.1, 0.15) is 56.5 Å².